The summed E-state index contributed by atoms with van der Waals surface area (Å²) in [5.74, 6) is -1.14. The monoisotopic (exact) mass is 1010 g/mol. The molecule has 13 N–H and O–H groups in total. The van der Waals surface area contributed by atoms with E-state index >= 15 is 0 Å². The molecule has 0 aliphatic heterocycles. The first-order valence-corrected chi connectivity index (χ1v) is 22.8. The van der Waals surface area contributed by atoms with Gasteiger partial charge in [0.05, 0.1) is 23.2 Å². The quantitative estimate of drug-likeness (QED) is 0.0528. The lowest BCUT2D eigenvalue weighted by molar-refractivity contribution is 0.296. The minimum atomic E-state index is -4.29. The van der Waals surface area contributed by atoms with Crippen LogP contribution >= 0.6 is 11.6 Å². The van der Waals surface area contributed by atoms with E-state index in [1.165, 1.54) is 24.3 Å². The summed E-state index contributed by atoms with van der Waals surface area (Å²) < 4.78 is 93.7. The highest BCUT2D eigenvalue weighted by Crippen LogP contribution is 2.26. The van der Waals surface area contributed by atoms with Crippen molar-refractivity contribution in [3.8, 4) is 11.5 Å². The molecule has 0 radical (unpaired) electrons. The first kappa shape index (κ1) is 50.0. The molecule has 0 saturated heterocycles. The number of nitrogens with zero attached hydrogens (tertiary/aromatic N) is 6. The molecule has 0 fully saturated rings. The Kier molecular flexibility index (Phi) is 15.9. The fourth-order valence-corrected chi connectivity index (χ4v) is 6.98. The smallest absolute Gasteiger partial charge is 0.340 e. The van der Waals surface area contributed by atoms with Crippen LogP contribution in [-0.4, -0.2) is 72.2 Å². The molecule has 0 amide bonds. The number of halogens is 4. The number of primary sulfonamides is 2. The molecule has 0 bridgehead atoms. The van der Waals surface area contributed by atoms with Gasteiger partial charge in [-0.3, -0.25) is 9.97 Å². The van der Waals surface area contributed by atoms with Gasteiger partial charge in [-0.05, 0) is 91.3 Å². The Hall–Kier alpha value is -8.38. The summed E-state index contributed by atoms with van der Waals surface area (Å²) in [4.78, 5) is 41.0. The van der Waals surface area contributed by atoms with Crippen molar-refractivity contribution < 1.29 is 39.9 Å². The predicted octanol–water partition coefficient (Wildman–Crippen LogP) is 4.48. The lowest BCUT2D eigenvalue weighted by atomic mass is 10.2. The zero-order valence-corrected chi connectivity index (χ0v) is 37.5. The summed E-state index contributed by atoms with van der Waals surface area (Å²) in [5.41, 5.74) is 1.24. The Morgan fingerprint density at radius 2 is 1.10 bits per heavy atom. The number of phenolic OH excluding ortho intramolecular Hbond substituents is 1. The second-order valence-electron chi connectivity index (χ2n) is 13.7. The highest BCUT2D eigenvalue weighted by atomic mass is 35.5. The molecule has 69 heavy (non-hydrogen) atoms. The van der Waals surface area contributed by atoms with Crippen molar-refractivity contribution in [2.24, 2.45) is 10.3 Å². The van der Waals surface area contributed by atoms with E-state index in [1.54, 1.807) is 55.5 Å². The van der Waals surface area contributed by atoms with Gasteiger partial charge in [0.15, 0.2) is 29.1 Å². The van der Waals surface area contributed by atoms with Gasteiger partial charge in [0, 0.05) is 22.7 Å². The number of H-pyrrole nitrogens is 4. The van der Waals surface area contributed by atoms with Gasteiger partial charge in [-0.2, -0.15) is 20.2 Å². The normalized spacial score (nSPS) is 11.1. The maximum atomic E-state index is 14.2. The van der Waals surface area contributed by atoms with E-state index in [2.05, 4.69) is 71.6 Å². The predicted molar refractivity (Wildman–Crippen MR) is 244 cm³/mol. The summed E-state index contributed by atoms with van der Waals surface area (Å²) in [6.45, 7) is 1.66. The van der Waals surface area contributed by atoms with Crippen molar-refractivity contribution in [1.82, 2.24) is 50.3 Å². The summed E-state index contributed by atoms with van der Waals surface area (Å²) >= 11 is 5.29. The Bertz CT molecular complexity index is 3420. The van der Waals surface area contributed by atoms with E-state index in [-0.39, 0.29) is 58.0 Å². The van der Waals surface area contributed by atoms with Gasteiger partial charge in [0.2, 0.25) is 31.9 Å². The molecule has 360 valence electrons. The number of anilines is 8. The Morgan fingerprint density at radius 1 is 0.638 bits per heavy atom. The van der Waals surface area contributed by atoms with Crippen molar-refractivity contribution in [2.75, 3.05) is 21.3 Å². The average molecular weight is 1010 g/mol. The van der Waals surface area contributed by atoms with E-state index < -0.39 is 48.1 Å². The molecule has 24 nitrogen and oxygen atoms in total. The van der Waals surface area contributed by atoms with Gasteiger partial charge in [0.1, 0.15) is 34.6 Å². The Labute approximate surface area is 391 Å². The van der Waals surface area contributed by atoms with Crippen LogP contribution < -0.4 is 47.7 Å². The number of rotatable bonds is 14. The highest BCUT2D eigenvalue weighted by molar-refractivity contribution is 7.89. The van der Waals surface area contributed by atoms with E-state index in [4.69, 9.17) is 26.6 Å². The maximum Gasteiger partial charge on any atom is 0.340 e. The van der Waals surface area contributed by atoms with E-state index in [0.29, 0.717) is 40.0 Å². The summed E-state index contributed by atoms with van der Waals surface area (Å²) in [7, 11) is -8.17. The topological polar surface area (TPSA) is 373 Å². The van der Waals surface area contributed by atoms with Crippen LogP contribution in [0.25, 0.3) is 0 Å². The number of alkyl halides is 1. The second kappa shape index (κ2) is 21.9. The first-order valence-electron chi connectivity index (χ1n) is 19.2. The van der Waals surface area contributed by atoms with Gasteiger partial charge >= 0.3 is 11.4 Å². The van der Waals surface area contributed by atoms with Crippen molar-refractivity contribution >= 4 is 77.9 Å². The standard InChI is InChI=1S/C19H16F2N8O4S.C17H16FN5O3S.C3H4ClN3O/c20-13-6-3-11(7-15(13)34(22,31)32)25-18-23-8-14(21)17(27-18)24-10-1-4-12(5-2-10)33-9-16-26-19(30)29-28-16;1-10-2-3-12(8-15(10)27(19,25)26)22-17-20-9-14(18)16(23-17)21-11-4-6-13(24)7-5-11;4-1-2-5-3(8)7-6-2/h1-8H,9H2,(H2,22,31,32)(H2,23,24,25,27)(H2,26,28,29,30);2-9,24H,1H3,(H2,19,25,26)(H2,20,21,22,23);1H2,(H2,5,6,7,8). The molecule has 0 spiro atoms. The molecule has 8 aromatic rings. The van der Waals surface area contributed by atoms with Gasteiger partial charge in [-0.25, -0.2) is 70.0 Å². The number of benzene rings is 4. The number of phenols is 1. The van der Waals surface area contributed by atoms with Gasteiger partial charge in [-0.1, -0.05) is 6.07 Å². The summed E-state index contributed by atoms with van der Waals surface area (Å²) in [5, 5.41) is 42.2. The molecule has 0 atom stereocenters. The number of aryl methyl sites for hydroxylation is 1. The number of aromatic hydroxyl groups is 1. The van der Waals surface area contributed by atoms with Crippen LogP contribution in [0.5, 0.6) is 11.5 Å². The SMILES string of the molecule is Cc1ccc(Nc2ncc(F)c(Nc3ccc(O)cc3)n2)cc1S(N)(=O)=O.NS(=O)(=O)c1cc(Nc2ncc(F)c(Nc3ccc(OCc4n[nH]c(=O)[nH]4)cc3)n2)ccc1F.O=c1[nH]nc(CCl)[nH]1. The minimum absolute atomic E-state index is 0.0305. The number of nitrogens with one attached hydrogen (secondary N) is 8. The fraction of sp³-hybridized carbons (Fsp3) is 0.0769. The van der Waals surface area contributed by atoms with Gasteiger partial charge < -0.3 is 31.1 Å². The van der Waals surface area contributed by atoms with Crippen LogP contribution in [0.15, 0.2) is 117 Å². The van der Waals surface area contributed by atoms with Crippen molar-refractivity contribution in [3.63, 3.8) is 0 Å². The lowest BCUT2D eigenvalue weighted by Crippen LogP contribution is -2.14. The zero-order chi connectivity index (χ0) is 49.9. The average Bonchev–Trinajstić information content (AvgIpc) is 3.94. The van der Waals surface area contributed by atoms with E-state index in [0.717, 1.165) is 24.5 Å². The zero-order valence-electron chi connectivity index (χ0n) is 35.1. The number of aromatic amines is 4. The lowest BCUT2D eigenvalue weighted by Gasteiger charge is -2.11. The minimum Gasteiger partial charge on any atom is -0.508 e. The number of nitrogens with two attached hydrogens (primary N) is 2. The summed E-state index contributed by atoms with van der Waals surface area (Å²) in [6.07, 6.45) is 1.89. The second-order valence-corrected chi connectivity index (χ2v) is 17.1. The highest BCUT2D eigenvalue weighted by Gasteiger charge is 2.17. The van der Waals surface area contributed by atoms with Crippen LogP contribution in [0.2, 0.25) is 0 Å². The van der Waals surface area contributed by atoms with Crippen LogP contribution in [0.4, 0.5) is 59.5 Å². The molecule has 4 aromatic carbocycles. The van der Waals surface area contributed by atoms with E-state index in [1.807, 2.05) is 0 Å². The van der Waals surface area contributed by atoms with Gasteiger partial charge in [-0.15, -0.1) is 11.6 Å². The van der Waals surface area contributed by atoms with Crippen molar-refractivity contribution in [3.05, 3.63) is 153 Å². The van der Waals surface area contributed by atoms with Gasteiger partial charge in [0.25, 0.3) is 0 Å². The first-order chi connectivity index (χ1) is 32.7. The molecule has 30 heteroatoms. The number of hydrogen-bond acceptors (Lipinski definition) is 18. The third-order valence-corrected chi connectivity index (χ3v) is 10.8. The molecule has 0 unspecified atom stereocenters. The van der Waals surface area contributed by atoms with Crippen LogP contribution in [0.1, 0.15) is 17.2 Å². The van der Waals surface area contributed by atoms with Crippen LogP contribution in [0, 0.1) is 24.4 Å². The third-order valence-electron chi connectivity index (χ3n) is 8.58. The van der Waals surface area contributed by atoms with Crippen molar-refractivity contribution in [2.45, 2.75) is 29.2 Å². The number of ether oxygens (including phenoxy) is 1. The molecular formula is C39H36ClF3N16O8S2. The largest absolute Gasteiger partial charge is 0.508 e. The molecule has 8 rings (SSSR count). The third kappa shape index (κ3) is 14.6. The Balaban J connectivity index is 0.000000199. The molecule has 4 aromatic heterocycles. The van der Waals surface area contributed by atoms with Crippen LogP contribution in [0.3, 0.4) is 0 Å². The molecule has 0 aliphatic carbocycles. The van der Waals surface area contributed by atoms with Crippen LogP contribution in [-0.2, 0) is 32.5 Å². The summed E-state index contributed by atoms with van der Waals surface area (Å²) in [6, 6.07) is 20.1. The molecule has 0 saturated carbocycles. The fourth-order valence-electron chi connectivity index (χ4n) is 5.42. The molecule has 4 heterocycles. The molecular weight excluding hydrogens is 977 g/mol. The number of sulfonamides is 2. The van der Waals surface area contributed by atoms with Crippen molar-refractivity contribution in [1.29, 1.82) is 0 Å². The Morgan fingerprint density at radius 3 is 1.57 bits per heavy atom. The molecule has 0 aliphatic rings. The maximum absolute atomic E-state index is 14.2. The number of aromatic nitrogens is 10. The number of hydrogen-bond donors (Lipinski definition) is 11. The van der Waals surface area contributed by atoms with E-state index in [9.17, 15) is 44.7 Å².